The van der Waals surface area contributed by atoms with Gasteiger partial charge in [0.25, 0.3) is 0 Å². The van der Waals surface area contributed by atoms with Gasteiger partial charge in [-0.1, -0.05) is 13.0 Å². The molecule has 2 heteroatoms. The average molecular weight is 201 g/mol. The largest absolute Gasteiger partial charge is 0.493 e. The van der Waals surface area contributed by atoms with Crippen LogP contribution in [0.2, 0.25) is 0 Å². The van der Waals surface area contributed by atoms with Crippen molar-refractivity contribution in [1.29, 1.82) is 0 Å². The second kappa shape index (κ2) is 4.30. The van der Waals surface area contributed by atoms with Crippen LogP contribution in [0.4, 0.5) is 0 Å². The number of hydrogen-bond donors (Lipinski definition) is 0. The zero-order chi connectivity index (χ0) is 10.7. The first-order valence-electron chi connectivity index (χ1n) is 5.29. The van der Waals surface area contributed by atoms with Gasteiger partial charge in [0.2, 0.25) is 0 Å². The standard InChI is InChI=1S/C13H15NO/c1-3-8-15-13-5-4-10(2)12-9-14-7-6-11(12)13/h4-7,9H,3,8H2,1-2H3. The number of pyridine rings is 1. The van der Waals surface area contributed by atoms with E-state index in [4.69, 9.17) is 4.74 Å². The maximum atomic E-state index is 5.70. The second-order valence-electron chi connectivity index (χ2n) is 3.65. The lowest BCUT2D eigenvalue weighted by atomic mass is 10.1. The molecule has 0 radical (unpaired) electrons. The van der Waals surface area contributed by atoms with E-state index in [2.05, 4.69) is 24.9 Å². The Hall–Kier alpha value is -1.57. The van der Waals surface area contributed by atoms with Gasteiger partial charge in [0.05, 0.1) is 6.61 Å². The molecule has 0 saturated heterocycles. The van der Waals surface area contributed by atoms with Gasteiger partial charge in [-0.25, -0.2) is 0 Å². The first kappa shape index (κ1) is 9.97. The molecular formula is C13H15NO. The van der Waals surface area contributed by atoms with Crippen LogP contribution in [0.5, 0.6) is 5.75 Å². The highest BCUT2D eigenvalue weighted by Gasteiger charge is 2.03. The number of aromatic nitrogens is 1. The molecule has 0 unspecified atom stereocenters. The van der Waals surface area contributed by atoms with E-state index in [-0.39, 0.29) is 0 Å². The normalized spacial score (nSPS) is 10.5. The van der Waals surface area contributed by atoms with E-state index in [0.717, 1.165) is 24.2 Å². The van der Waals surface area contributed by atoms with Crippen molar-refractivity contribution >= 4 is 10.8 Å². The highest BCUT2D eigenvalue weighted by Crippen LogP contribution is 2.27. The highest BCUT2D eigenvalue weighted by atomic mass is 16.5. The minimum Gasteiger partial charge on any atom is -0.493 e. The van der Waals surface area contributed by atoms with Crippen molar-refractivity contribution in [2.45, 2.75) is 20.3 Å². The number of ether oxygens (including phenoxy) is 1. The molecule has 0 fully saturated rings. The Morgan fingerprint density at radius 1 is 1.20 bits per heavy atom. The number of nitrogens with zero attached hydrogens (tertiary/aromatic N) is 1. The Labute approximate surface area is 89.9 Å². The third kappa shape index (κ3) is 1.94. The molecule has 0 aliphatic rings. The molecule has 0 aliphatic heterocycles. The molecule has 0 atom stereocenters. The van der Waals surface area contributed by atoms with Gasteiger partial charge in [0.1, 0.15) is 5.75 Å². The summed E-state index contributed by atoms with van der Waals surface area (Å²) in [6.45, 7) is 4.96. The lowest BCUT2D eigenvalue weighted by Gasteiger charge is -2.09. The summed E-state index contributed by atoms with van der Waals surface area (Å²) in [5.74, 6) is 0.958. The van der Waals surface area contributed by atoms with Crippen LogP contribution in [0.25, 0.3) is 10.8 Å². The van der Waals surface area contributed by atoms with E-state index < -0.39 is 0 Å². The molecule has 2 nitrogen and oxygen atoms in total. The average Bonchev–Trinajstić information content (AvgIpc) is 2.29. The van der Waals surface area contributed by atoms with E-state index in [9.17, 15) is 0 Å². The van der Waals surface area contributed by atoms with Gasteiger partial charge in [-0.2, -0.15) is 0 Å². The topological polar surface area (TPSA) is 22.1 Å². The lowest BCUT2D eigenvalue weighted by Crippen LogP contribution is -1.96. The summed E-state index contributed by atoms with van der Waals surface area (Å²) in [7, 11) is 0. The lowest BCUT2D eigenvalue weighted by molar-refractivity contribution is 0.321. The van der Waals surface area contributed by atoms with Gasteiger partial charge in [-0.15, -0.1) is 0 Å². The van der Waals surface area contributed by atoms with E-state index in [0.29, 0.717) is 0 Å². The fourth-order valence-corrected chi connectivity index (χ4v) is 1.64. The fourth-order valence-electron chi connectivity index (χ4n) is 1.64. The molecule has 1 heterocycles. The number of hydrogen-bond acceptors (Lipinski definition) is 2. The van der Waals surface area contributed by atoms with E-state index in [1.54, 1.807) is 6.20 Å². The van der Waals surface area contributed by atoms with Crippen molar-refractivity contribution in [2.24, 2.45) is 0 Å². The van der Waals surface area contributed by atoms with Crippen LogP contribution >= 0.6 is 0 Å². The fraction of sp³-hybridized carbons (Fsp3) is 0.308. The van der Waals surface area contributed by atoms with Crippen molar-refractivity contribution in [3.8, 4) is 5.75 Å². The van der Waals surface area contributed by atoms with Gasteiger partial charge in [0.15, 0.2) is 0 Å². The first-order chi connectivity index (χ1) is 7.33. The molecule has 0 N–H and O–H groups in total. The summed E-state index contributed by atoms with van der Waals surface area (Å²) < 4.78 is 5.70. The SMILES string of the molecule is CCCOc1ccc(C)c2cnccc12. The maximum absolute atomic E-state index is 5.70. The van der Waals surface area contributed by atoms with Gasteiger partial charge in [-0.3, -0.25) is 4.98 Å². The van der Waals surface area contributed by atoms with E-state index >= 15 is 0 Å². The molecule has 0 saturated carbocycles. The Morgan fingerprint density at radius 2 is 2.07 bits per heavy atom. The summed E-state index contributed by atoms with van der Waals surface area (Å²) >= 11 is 0. The summed E-state index contributed by atoms with van der Waals surface area (Å²) in [4.78, 5) is 4.14. The monoisotopic (exact) mass is 201 g/mol. The predicted octanol–water partition coefficient (Wildman–Crippen LogP) is 3.33. The van der Waals surface area contributed by atoms with Gasteiger partial charge in [-0.05, 0) is 31.0 Å². The van der Waals surface area contributed by atoms with Crippen LogP contribution in [-0.4, -0.2) is 11.6 Å². The minimum atomic E-state index is 0.764. The maximum Gasteiger partial charge on any atom is 0.127 e. The molecule has 2 rings (SSSR count). The molecule has 1 aromatic carbocycles. The third-order valence-electron chi connectivity index (χ3n) is 2.46. The van der Waals surface area contributed by atoms with E-state index in [1.165, 1.54) is 10.9 Å². The van der Waals surface area contributed by atoms with Crippen molar-refractivity contribution < 1.29 is 4.74 Å². The van der Waals surface area contributed by atoms with Gasteiger partial charge < -0.3 is 4.74 Å². The number of aryl methyl sites for hydroxylation is 1. The van der Waals surface area contributed by atoms with Crippen LogP contribution in [0.3, 0.4) is 0 Å². The molecular weight excluding hydrogens is 186 g/mol. The first-order valence-corrected chi connectivity index (χ1v) is 5.29. The molecule has 0 amide bonds. The third-order valence-corrected chi connectivity index (χ3v) is 2.46. The Balaban J connectivity index is 2.51. The Bertz CT molecular complexity index is 465. The predicted molar refractivity (Wildman–Crippen MR) is 62.3 cm³/mol. The Kier molecular flexibility index (Phi) is 2.86. The zero-order valence-corrected chi connectivity index (χ0v) is 9.16. The summed E-state index contributed by atoms with van der Waals surface area (Å²) in [5, 5.41) is 2.32. The minimum absolute atomic E-state index is 0.764. The molecule has 78 valence electrons. The molecule has 0 spiro atoms. The molecule has 0 aliphatic carbocycles. The van der Waals surface area contributed by atoms with Gasteiger partial charge in [0, 0.05) is 23.2 Å². The Morgan fingerprint density at radius 3 is 2.87 bits per heavy atom. The summed E-state index contributed by atoms with van der Waals surface area (Å²) in [6, 6.07) is 6.12. The van der Waals surface area contributed by atoms with Gasteiger partial charge >= 0.3 is 0 Å². The van der Waals surface area contributed by atoms with Crippen molar-refractivity contribution in [1.82, 2.24) is 4.98 Å². The summed E-state index contributed by atoms with van der Waals surface area (Å²) in [5.41, 5.74) is 1.24. The van der Waals surface area contributed by atoms with E-state index in [1.807, 2.05) is 18.3 Å². The molecule has 2 aromatic rings. The van der Waals surface area contributed by atoms with Crippen LogP contribution in [0, 0.1) is 6.92 Å². The van der Waals surface area contributed by atoms with Crippen LogP contribution in [0.15, 0.2) is 30.6 Å². The van der Waals surface area contributed by atoms with Crippen molar-refractivity contribution in [3.05, 3.63) is 36.2 Å². The summed E-state index contributed by atoms with van der Waals surface area (Å²) in [6.07, 6.45) is 4.73. The van der Waals surface area contributed by atoms with Crippen molar-refractivity contribution in [3.63, 3.8) is 0 Å². The smallest absolute Gasteiger partial charge is 0.127 e. The second-order valence-corrected chi connectivity index (χ2v) is 3.65. The molecule has 15 heavy (non-hydrogen) atoms. The quantitative estimate of drug-likeness (QED) is 0.759. The van der Waals surface area contributed by atoms with Crippen molar-refractivity contribution in [2.75, 3.05) is 6.61 Å². The highest BCUT2D eigenvalue weighted by molar-refractivity contribution is 5.90. The molecule has 0 bridgehead atoms. The van der Waals surface area contributed by atoms with Crippen LogP contribution in [0.1, 0.15) is 18.9 Å². The zero-order valence-electron chi connectivity index (χ0n) is 9.16. The van der Waals surface area contributed by atoms with Crippen LogP contribution in [-0.2, 0) is 0 Å². The molecule has 1 aromatic heterocycles. The number of fused-ring (bicyclic) bond motifs is 1. The number of rotatable bonds is 3. The van der Waals surface area contributed by atoms with Crippen LogP contribution < -0.4 is 4.74 Å². The number of benzene rings is 1.